The molecule has 20 heavy (non-hydrogen) atoms. The lowest BCUT2D eigenvalue weighted by Crippen LogP contribution is -2.33. The third-order valence-electron chi connectivity index (χ3n) is 3.44. The quantitative estimate of drug-likeness (QED) is 0.485. The molecule has 2 aromatic carbocycles. The molecular formula is C16H14Br2Cl2. The summed E-state index contributed by atoms with van der Waals surface area (Å²) in [5, 5.41) is 3.22. The Bertz CT molecular complexity index is 580. The molecule has 2 rings (SSSR count). The second-order valence-electron chi connectivity index (χ2n) is 4.83. The molecule has 0 aliphatic rings. The molecule has 0 aliphatic heterocycles. The Balaban J connectivity index is 2.42. The molecule has 0 heterocycles. The van der Waals surface area contributed by atoms with E-state index >= 15 is 0 Å². The first-order valence-electron chi connectivity index (χ1n) is 6.23. The SMILES string of the molecule is Clc1cccc(C(CBr)(CBr)Cc2ccccc2Cl)c1. The topological polar surface area (TPSA) is 0 Å². The fourth-order valence-corrected chi connectivity index (χ4v) is 4.58. The molecule has 0 unspecified atom stereocenters. The van der Waals surface area contributed by atoms with Gasteiger partial charge in [-0.2, -0.15) is 0 Å². The van der Waals surface area contributed by atoms with E-state index in [9.17, 15) is 0 Å². The van der Waals surface area contributed by atoms with E-state index in [0.29, 0.717) is 0 Å². The fourth-order valence-electron chi connectivity index (χ4n) is 2.21. The molecule has 0 fully saturated rings. The van der Waals surface area contributed by atoms with Gasteiger partial charge in [-0.3, -0.25) is 0 Å². The zero-order chi connectivity index (χ0) is 14.6. The lowest BCUT2D eigenvalue weighted by atomic mass is 9.79. The minimum atomic E-state index is -0.0735. The van der Waals surface area contributed by atoms with Crippen molar-refractivity contribution in [1.82, 2.24) is 0 Å². The summed E-state index contributed by atoms with van der Waals surface area (Å²) in [5.41, 5.74) is 2.28. The van der Waals surface area contributed by atoms with Gasteiger partial charge >= 0.3 is 0 Å². The van der Waals surface area contributed by atoms with Gasteiger partial charge in [0.1, 0.15) is 0 Å². The Hall–Kier alpha value is -0.0200. The van der Waals surface area contributed by atoms with Gasteiger partial charge in [0.25, 0.3) is 0 Å². The highest BCUT2D eigenvalue weighted by molar-refractivity contribution is 9.09. The summed E-state index contributed by atoms with van der Waals surface area (Å²) in [6.45, 7) is 0. The van der Waals surface area contributed by atoms with Crippen LogP contribution in [0.5, 0.6) is 0 Å². The van der Waals surface area contributed by atoms with Crippen molar-refractivity contribution in [1.29, 1.82) is 0 Å². The van der Waals surface area contributed by atoms with E-state index in [4.69, 9.17) is 23.2 Å². The van der Waals surface area contributed by atoms with E-state index < -0.39 is 0 Å². The molecule has 0 aliphatic carbocycles. The minimum Gasteiger partial charge on any atom is -0.0918 e. The van der Waals surface area contributed by atoms with Crippen LogP contribution < -0.4 is 0 Å². The predicted molar refractivity (Wildman–Crippen MR) is 95.9 cm³/mol. The number of hydrogen-bond acceptors (Lipinski definition) is 0. The number of rotatable bonds is 5. The standard InChI is InChI=1S/C16H14Br2Cl2/c17-10-16(11-18,13-5-3-6-14(19)8-13)9-12-4-1-2-7-15(12)20/h1-8H,9-11H2. The number of hydrogen-bond donors (Lipinski definition) is 0. The number of benzene rings is 2. The Morgan fingerprint density at radius 2 is 1.60 bits per heavy atom. The van der Waals surface area contributed by atoms with Gasteiger partial charge in [-0.15, -0.1) is 0 Å². The van der Waals surface area contributed by atoms with Crippen LogP contribution in [0.25, 0.3) is 0 Å². The van der Waals surface area contributed by atoms with Crippen LogP contribution in [0.2, 0.25) is 10.0 Å². The highest BCUT2D eigenvalue weighted by Gasteiger charge is 2.31. The predicted octanol–water partition coefficient (Wildman–Crippen LogP) is 6.26. The molecular weight excluding hydrogens is 423 g/mol. The molecule has 0 saturated carbocycles. The van der Waals surface area contributed by atoms with Crippen LogP contribution in [0, 0.1) is 0 Å². The van der Waals surface area contributed by atoms with E-state index in [2.05, 4.69) is 44.0 Å². The van der Waals surface area contributed by atoms with Crippen LogP contribution in [-0.4, -0.2) is 10.7 Å². The first-order chi connectivity index (χ1) is 9.61. The largest absolute Gasteiger partial charge is 0.0918 e. The van der Waals surface area contributed by atoms with Crippen LogP contribution in [0.15, 0.2) is 48.5 Å². The third kappa shape index (κ3) is 3.59. The number of alkyl halides is 2. The van der Waals surface area contributed by atoms with Crippen molar-refractivity contribution < 1.29 is 0 Å². The fraction of sp³-hybridized carbons (Fsp3) is 0.250. The maximum atomic E-state index is 6.31. The van der Waals surface area contributed by atoms with Gasteiger partial charge < -0.3 is 0 Å². The van der Waals surface area contributed by atoms with Crippen LogP contribution in [0.4, 0.5) is 0 Å². The summed E-state index contributed by atoms with van der Waals surface area (Å²) in [5.74, 6) is 0. The van der Waals surface area contributed by atoms with E-state index in [1.165, 1.54) is 5.56 Å². The summed E-state index contributed by atoms with van der Waals surface area (Å²) in [4.78, 5) is 0. The normalized spacial score (nSPS) is 11.6. The molecule has 0 atom stereocenters. The van der Waals surface area contributed by atoms with Crippen molar-refractivity contribution >= 4 is 55.1 Å². The van der Waals surface area contributed by atoms with Crippen molar-refractivity contribution in [3.8, 4) is 0 Å². The molecule has 0 saturated heterocycles. The maximum absolute atomic E-state index is 6.31. The lowest BCUT2D eigenvalue weighted by molar-refractivity contribution is 0.551. The molecule has 0 amide bonds. The average Bonchev–Trinajstić information content (AvgIpc) is 2.47. The highest BCUT2D eigenvalue weighted by atomic mass is 79.9. The van der Waals surface area contributed by atoms with Crippen LogP contribution in [-0.2, 0) is 11.8 Å². The highest BCUT2D eigenvalue weighted by Crippen LogP contribution is 2.35. The van der Waals surface area contributed by atoms with Gasteiger partial charge in [-0.1, -0.05) is 85.4 Å². The molecule has 4 heteroatoms. The molecule has 0 nitrogen and oxygen atoms in total. The number of halogens is 4. The second kappa shape index (κ2) is 7.31. The summed E-state index contributed by atoms with van der Waals surface area (Å²) >= 11 is 19.8. The molecule has 106 valence electrons. The monoisotopic (exact) mass is 434 g/mol. The summed E-state index contributed by atoms with van der Waals surface area (Å²) in [6.07, 6.45) is 0.851. The van der Waals surface area contributed by atoms with Crippen LogP contribution >= 0.6 is 55.1 Å². The van der Waals surface area contributed by atoms with Crippen LogP contribution in [0.3, 0.4) is 0 Å². The summed E-state index contributed by atoms with van der Waals surface area (Å²) in [7, 11) is 0. The second-order valence-corrected chi connectivity index (χ2v) is 6.79. The molecule has 0 radical (unpaired) electrons. The first-order valence-corrected chi connectivity index (χ1v) is 9.22. The first kappa shape index (κ1) is 16.4. The zero-order valence-electron chi connectivity index (χ0n) is 10.8. The summed E-state index contributed by atoms with van der Waals surface area (Å²) in [6, 6.07) is 16.0. The molecule has 0 bridgehead atoms. The maximum Gasteiger partial charge on any atom is 0.0438 e. The van der Waals surface area contributed by atoms with Gasteiger partial charge in [0.05, 0.1) is 0 Å². The molecule has 2 aromatic rings. The van der Waals surface area contributed by atoms with Crippen molar-refractivity contribution in [3.63, 3.8) is 0 Å². The minimum absolute atomic E-state index is 0.0735. The smallest absolute Gasteiger partial charge is 0.0438 e. The Kier molecular flexibility index (Phi) is 5.97. The van der Waals surface area contributed by atoms with Crippen LogP contribution in [0.1, 0.15) is 11.1 Å². The van der Waals surface area contributed by atoms with Gasteiger partial charge in [-0.05, 0) is 35.7 Å². The Morgan fingerprint density at radius 1 is 0.900 bits per heavy atom. The van der Waals surface area contributed by atoms with Gasteiger partial charge in [0, 0.05) is 26.1 Å². The van der Waals surface area contributed by atoms with E-state index in [0.717, 1.165) is 32.7 Å². The van der Waals surface area contributed by atoms with Gasteiger partial charge in [0.15, 0.2) is 0 Å². The van der Waals surface area contributed by atoms with E-state index in [1.807, 2.05) is 36.4 Å². The van der Waals surface area contributed by atoms with Crippen molar-refractivity contribution in [3.05, 3.63) is 69.7 Å². The van der Waals surface area contributed by atoms with Gasteiger partial charge in [-0.25, -0.2) is 0 Å². The van der Waals surface area contributed by atoms with Crippen molar-refractivity contribution in [2.75, 3.05) is 10.7 Å². The molecule has 0 aromatic heterocycles. The molecule has 0 spiro atoms. The summed E-state index contributed by atoms with van der Waals surface area (Å²) < 4.78 is 0. The van der Waals surface area contributed by atoms with E-state index in [1.54, 1.807) is 0 Å². The van der Waals surface area contributed by atoms with Gasteiger partial charge in [0.2, 0.25) is 0 Å². The lowest BCUT2D eigenvalue weighted by Gasteiger charge is -2.31. The van der Waals surface area contributed by atoms with Crippen molar-refractivity contribution in [2.24, 2.45) is 0 Å². The zero-order valence-corrected chi connectivity index (χ0v) is 15.4. The average molecular weight is 437 g/mol. The van der Waals surface area contributed by atoms with Crippen molar-refractivity contribution in [2.45, 2.75) is 11.8 Å². The Labute approximate surface area is 146 Å². The molecule has 0 N–H and O–H groups in total. The Morgan fingerprint density at radius 3 is 2.20 bits per heavy atom. The van der Waals surface area contributed by atoms with E-state index in [-0.39, 0.29) is 5.41 Å². The third-order valence-corrected chi connectivity index (χ3v) is 6.19.